The van der Waals surface area contributed by atoms with Gasteiger partial charge in [-0.25, -0.2) is 0 Å². The van der Waals surface area contributed by atoms with Gasteiger partial charge in [0.15, 0.2) is 5.78 Å². The van der Waals surface area contributed by atoms with Crippen LogP contribution in [0.25, 0.3) is 0 Å². The number of hydrogen-bond acceptors (Lipinski definition) is 4. The Bertz CT molecular complexity index is 1430. The van der Waals surface area contributed by atoms with Crippen LogP contribution in [0.1, 0.15) is 84.5 Å². The van der Waals surface area contributed by atoms with Crippen LogP contribution in [0.3, 0.4) is 0 Å². The average molecular weight is 609 g/mol. The molecule has 2 saturated carbocycles. The Morgan fingerprint density at radius 2 is 1.72 bits per heavy atom. The van der Waals surface area contributed by atoms with Crippen molar-refractivity contribution in [3.8, 4) is 5.75 Å². The number of ketones is 1. The maximum atomic E-state index is 13.9. The standard InChI is InChI=1S/C32H34F6N2O3/c1-18-3-5-19(6-4-18)12-27(41)24-16-26-22(15-28(24)43-2)14-23(40-26)13-21-11-20(7-8-25(21)31(33,34)35)17-39-29(42)30(9-10-30)32(36,37)38/h7-8,11,15-16,18-19H,3-6,9-10,12-14,17H2,1-2H3,(H,39,42). The second-order valence-electron chi connectivity index (χ2n) is 12.2. The van der Waals surface area contributed by atoms with Crippen molar-refractivity contribution >= 4 is 23.1 Å². The van der Waals surface area contributed by atoms with E-state index in [1.165, 1.54) is 13.2 Å². The highest BCUT2D eigenvalue weighted by Gasteiger charge is 2.68. The molecule has 0 aromatic heterocycles. The first-order valence-corrected chi connectivity index (χ1v) is 14.5. The van der Waals surface area contributed by atoms with Gasteiger partial charge in [-0.05, 0) is 72.4 Å². The van der Waals surface area contributed by atoms with Gasteiger partial charge in [-0.1, -0.05) is 31.9 Å². The molecular formula is C32H34F6N2O3. The minimum absolute atomic E-state index is 0.0459. The normalized spacial score (nSPS) is 21.2. The number of nitrogens with zero attached hydrogens (tertiary/aromatic N) is 1. The third kappa shape index (κ3) is 6.60. The molecule has 0 bridgehead atoms. The van der Waals surface area contributed by atoms with E-state index < -0.39 is 29.2 Å². The van der Waals surface area contributed by atoms with Crippen molar-refractivity contribution in [1.29, 1.82) is 0 Å². The molecule has 0 atom stereocenters. The number of aliphatic imine (C=N–C) groups is 1. The zero-order chi connectivity index (χ0) is 31.2. The van der Waals surface area contributed by atoms with Gasteiger partial charge in [0.25, 0.3) is 0 Å². The lowest BCUT2D eigenvalue weighted by atomic mass is 9.80. The number of nitrogens with one attached hydrogen (secondary N) is 1. The SMILES string of the molecule is COc1cc2c(cc1C(=O)CC1CCC(C)CC1)N=C(Cc1cc(CNC(=O)C3(C(F)(F)F)CC3)ccc1C(F)(F)F)C2. The first kappa shape index (κ1) is 31.1. The predicted molar refractivity (Wildman–Crippen MR) is 149 cm³/mol. The number of amides is 1. The monoisotopic (exact) mass is 608 g/mol. The number of Topliss-reactive ketones (excluding diaryl/α,β-unsaturated/α-hetero) is 1. The van der Waals surface area contributed by atoms with Crippen LogP contribution in [0.5, 0.6) is 5.75 Å². The molecule has 0 saturated heterocycles. The topological polar surface area (TPSA) is 67.8 Å². The van der Waals surface area contributed by atoms with Crippen LogP contribution in [0.2, 0.25) is 0 Å². The lowest BCUT2D eigenvalue weighted by Crippen LogP contribution is -2.40. The summed E-state index contributed by atoms with van der Waals surface area (Å²) in [5.74, 6) is 0.160. The molecule has 2 aromatic carbocycles. The van der Waals surface area contributed by atoms with Gasteiger partial charge in [-0.2, -0.15) is 26.3 Å². The van der Waals surface area contributed by atoms with E-state index >= 15 is 0 Å². The maximum absolute atomic E-state index is 13.9. The Morgan fingerprint density at radius 3 is 2.33 bits per heavy atom. The molecule has 2 fully saturated rings. The molecule has 5 rings (SSSR count). The Labute approximate surface area is 246 Å². The molecule has 43 heavy (non-hydrogen) atoms. The number of hydrogen-bond donors (Lipinski definition) is 1. The maximum Gasteiger partial charge on any atom is 0.416 e. The third-order valence-corrected chi connectivity index (χ3v) is 9.03. The summed E-state index contributed by atoms with van der Waals surface area (Å²) >= 11 is 0. The van der Waals surface area contributed by atoms with Gasteiger partial charge in [0.2, 0.25) is 5.91 Å². The van der Waals surface area contributed by atoms with E-state index in [1.807, 2.05) is 0 Å². The minimum atomic E-state index is -4.68. The lowest BCUT2D eigenvalue weighted by molar-refractivity contribution is -0.192. The van der Waals surface area contributed by atoms with Crippen molar-refractivity contribution in [2.75, 3.05) is 7.11 Å². The summed E-state index contributed by atoms with van der Waals surface area (Å²) in [6, 6.07) is 6.65. The smallest absolute Gasteiger partial charge is 0.416 e. The van der Waals surface area contributed by atoms with E-state index in [4.69, 9.17) is 4.74 Å². The Hall–Kier alpha value is -3.37. The Kier molecular flexibility index (Phi) is 8.39. The molecule has 0 radical (unpaired) electrons. The van der Waals surface area contributed by atoms with Crippen LogP contribution in [0.15, 0.2) is 35.3 Å². The first-order chi connectivity index (χ1) is 20.2. The number of halogens is 6. The quantitative estimate of drug-likeness (QED) is 0.232. The third-order valence-electron chi connectivity index (χ3n) is 9.03. The van der Waals surface area contributed by atoms with E-state index in [0.717, 1.165) is 43.4 Å². The highest BCUT2D eigenvalue weighted by molar-refractivity contribution is 6.02. The fraction of sp³-hybridized carbons (Fsp3) is 0.531. The number of fused-ring (bicyclic) bond motifs is 1. The predicted octanol–water partition coefficient (Wildman–Crippen LogP) is 7.94. The van der Waals surface area contributed by atoms with Crippen molar-refractivity contribution in [2.24, 2.45) is 22.2 Å². The summed E-state index contributed by atoms with van der Waals surface area (Å²) in [4.78, 5) is 30.0. The van der Waals surface area contributed by atoms with E-state index in [9.17, 15) is 35.9 Å². The van der Waals surface area contributed by atoms with Crippen molar-refractivity contribution in [3.63, 3.8) is 0 Å². The van der Waals surface area contributed by atoms with Crippen LogP contribution < -0.4 is 10.1 Å². The van der Waals surface area contributed by atoms with Crippen molar-refractivity contribution in [2.45, 2.75) is 83.6 Å². The van der Waals surface area contributed by atoms with Gasteiger partial charge in [0, 0.05) is 31.5 Å². The summed E-state index contributed by atoms with van der Waals surface area (Å²) < 4.78 is 87.0. The summed E-state index contributed by atoms with van der Waals surface area (Å²) in [7, 11) is 1.47. The molecular weight excluding hydrogens is 574 g/mol. The number of carbonyl (C=O) groups is 2. The molecule has 0 spiro atoms. The molecule has 2 aliphatic carbocycles. The van der Waals surface area contributed by atoms with Gasteiger partial charge >= 0.3 is 12.4 Å². The Morgan fingerprint density at radius 1 is 1.02 bits per heavy atom. The molecule has 5 nitrogen and oxygen atoms in total. The summed E-state index contributed by atoms with van der Waals surface area (Å²) in [6.07, 6.45) is -5.29. The van der Waals surface area contributed by atoms with Gasteiger partial charge in [-0.15, -0.1) is 0 Å². The summed E-state index contributed by atoms with van der Waals surface area (Å²) in [5.41, 5.74) is -1.05. The fourth-order valence-electron chi connectivity index (χ4n) is 6.20. The number of rotatable bonds is 9. The summed E-state index contributed by atoms with van der Waals surface area (Å²) in [6.45, 7) is 1.88. The van der Waals surface area contributed by atoms with Gasteiger partial charge in [-0.3, -0.25) is 14.6 Å². The first-order valence-electron chi connectivity index (χ1n) is 14.5. The zero-order valence-corrected chi connectivity index (χ0v) is 24.1. The van der Waals surface area contributed by atoms with Crippen molar-refractivity contribution < 1.29 is 40.7 Å². The Balaban J connectivity index is 1.33. The molecule has 0 unspecified atom stereocenters. The van der Waals surface area contributed by atoms with Crippen LogP contribution in [-0.2, 0) is 30.4 Å². The highest BCUT2D eigenvalue weighted by Crippen LogP contribution is 2.57. The number of benzene rings is 2. The van der Waals surface area contributed by atoms with Crippen LogP contribution in [-0.4, -0.2) is 30.7 Å². The number of methoxy groups -OCH3 is 1. The zero-order valence-electron chi connectivity index (χ0n) is 24.1. The van der Waals surface area contributed by atoms with Crippen LogP contribution >= 0.6 is 0 Å². The lowest BCUT2D eigenvalue weighted by Gasteiger charge is -2.25. The summed E-state index contributed by atoms with van der Waals surface area (Å²) in [5, 5.41) is 2.25. The average Bonchev–Trinajstić information content (AvgIpc) is 3.68. The minimum Gasteiger partial charge on any atom is -0.496 e. The number of ether oxygens (including phenoxy) is 1. The largest absolute Gasteiger partial charge is 0.496 e. The number of carbonyl (C=O) groups excluding carboxylic acids is 2. The second kappa shape index (κ2) is 11.6. The van der Waals surface area contributed by atoms with E-state index in [-0.39, 0.29) is 49.1 Å². The second-order valence-corrected chi connectivity index (χ2v) is 12.2. The molecule has 1 amide bonds. The van der Waals surface area contributed by atoms with Gasteiger partial charge in [0.1, 0.15) is 11.2 Å². The van der Waals surface area contributed by atoms with E-state index in [2.05, 4.69) is 17.2 Å². The van der Waals surface area contributed by atoms with E-state index in [0.29, 0.717) is 41.0 Å². The van der Waals surface area contributed by atoms with E-state index in [1.54, 1.807) is 12.1 Å². The molecule has 3 aliphatic rings. The fourth-order valence-corrected chi connectivity index (χ4v) is 6.20. The molecule has 1 heterocycles. The molecule has 2 aromatic rings. The number of alkyl halides is 6. The van der Waals surface area contributed by atoms with Crippen molar-refractivity contribution in [3.05, 3.63) is 58.1 Å². The van der Waals surface area contributed by atoms with Crippen LogP contribution in [0, 0.1) is 17.3 Å². The molecule has 11 heteroatoms. The van der Waals surface area contributed by atoms with Gasteiger partial charge in [0.05, 0.1) is 23.9 Å². The molecule has 1 aliphatic heterocycles. The molecule has 1 N–H and O–H groups in total. The highest BCUT2D eigenvalue weighted by atomic mass is 19.4. The van der Waals surface area contributed by atoms with Crippen LogP contribution in [0.4, 0.5) is 32.0 Å². The van der Waals surface area contributed by atoms with Gasteiger partial charge < -0.3 is 10.1 Å². The van der Waals surface area contributed by atoms with Crippen molar-refractivity contribution in [1.82, 2.24) is 5.32 Å². The molecule has 232 valence electrons.